The molecule has 1 aromatic carbocycles. The van der Waals surface area contributed by atoms with E-state index >= 15 is 0 Å². The molecule has 0 radical (unpaired) electrons. The van der Waals surface area contributed by atoms with Crippen LogP contribution in [0, 0.1) is 5.41 Å². The number of fused-ring (bicyclic) bond motifs is 1. The molecule has 2 heterocycles. The summed E-state index contributed by atoms with van der Waals surface area (Å²) in [6.45, 7) is 11.5. The van der Waals surface area contributed by atoms with Gasteiger partial charge in [-0.1, -0.05) is 32.4 Å². The highest BCUT2D eigenvalue weighted by Crippen LogP contribution is 2.35. The van der Waals surface area contributed by atoms with Gasteiger partial charge in [-0.05, 0) is 50.5 Å². The molecule has 0 saturated heterocycles. The third-order valence-corrected chi connectivity index (χ3v) is 7.13. The molecule has 0 spiro atoms. The van der Waals surface area contributed by atoms with Gasteiger partial charge in [0.05, 0.1) is 22.7 Å². The molecular weight excluding hydrogens is 618 g/mol. The van der Waals surface area contributed by atoms with Crippen LogP contribution in [0.5, 0.6) is 5.75 Å². The molecule has 2 aromatic heterocycles. The third-order valence-electron chi connectivity index (χ3n) is 5.80. The van der Waals surface area contributed by atoms with Gasteiger partial charge in [0.15, 0.2) is 15.5 Å². The van der Waals surface area contributed by atoms with Gasteiger partial charge in [-0.25, -0.2) is 32.2 Å². The van der Waals surface area contributed by atoms with Crippen molar-refractivity contribution in [1.29, 1.82) is 0 Å². The smallest absolute Gasteiger partial charge is 0.424 e. The molecule has 0 aliphatic rings. The maximum absolute atomic E-state index is 13.7. The molecule has 1 N–H and O–H groups in total. The number of rotatable bonds is 8. The molecule has 14 nitrogen and oxygen atoms in total. The predicted molar refractivity (Wildman–Crippen MR) is 161 cm³/mol. The standard InChI is InChI=1S/C28H36ClN5O9S/c1-16(41-23(35)22(27(2,3)4)31-25(36)43-28(5,6)7)42-26(37)34(24-30-21-13-10-17(29)15-33(21)32-24)19-12-11-18(44(9,38)39)14-20(19)40-8/h10-16,22H,1-9H3,(H,31,36). The first-order chi connectivity index (χ1) is 20.2. The zero-order valence-electron chi connectivity index (χ0n) is 25.9. The van der Waals surface area contributed by atoms with Gasteiger partial charge < -0.3 is 24.3 Å². The molecule has 16 heteroatoms. The first-order valence-corrected chi connectivity index (χ1v) is 15.6. The molecule has 0 aliphatic carbocycles. The summed E-state index contributed by atoms with van der Waals surface area (Å²) in [6, 6.07) is 5.82. The summed E-state index contributed by atoms with van der Waals surface area (Å²) in [4.78, 5) is 44.5. The maximum atomic E-state index is 13.7. The highest BCUT2D eigenvalue weighted by atomic mass is 35.5. The van der Waals surface area contributed by atoms with Crippen LogP contribution in [0.1, 0.15) is 48.5 Å². The number of methoxy groups -OCH3 is 1. The highest BCUT2D eigenvalue weighted by molar-refractivity contribution is 7.90. The molecule has 2 unspecified atom stereocenters. The Kier molecular flexibility index (Phi) is 10.0. The van der Waals surface area contributed by atoms with E-state index in [1.807, 2.05) is 0 Å². The summed E-state index contributed by atoms with van der Waals surface area (Å²) < 4.78 is 47.2. The number of anilines is 2. The zero-order valence-corrected chi connectivity index (χ0v) is 27.4. The van der Waals surface area contributed by atoms with Crippen molar-refractivity contribution in [2.75, 3.05) is 18.3 Å². The Balaban J connectivity index is 1.94. The quantitative estimate of drug-likeness (QED) is 0.259. The fourth-order valence-electron chi connectivity index (χ4n) is 3.81. The molecule has 0 saturated carbocycles. The van der Waals surface area contributed by atoms with Crippen LogP contribution in [0.4, 0.5) is 21.2 Å². The number of hydrogen-bond acceptors (Lipinski definition) is 11. The molecule has 2 amide bonds. The van der Waals surface area contributed by atoms with E-state index in [1.54, 1.807) is 53.7 Å². The number of alkyl carbamates (subject to hydrolysis) is 1. The van der Waals surface area contributed by atoms with Crippen molar-refractivity contribution in [3.63, 3.8) is 0 Å². The minimum Gasteiger partial charge on any atom is -0.495 e. The number of ether oxygens (including phenoxy) is 4. The Morgan fingerprint density at radius 1 is 1.05 bits per heavy atom. The van der Waals surface area contributed by atoms with E-state index in [9.17, 15) is 22.8 Å². The second kappa shape index (κ2) is 12.9. The Morgan fingerprint density at radius 3 is 2.27 bits per heavy atom. The fraction of sp³-hybridized carbons (Fsp3) is 0.464. The monoisotopic (exact) mass is 653 g/mol. The van der Waals surface area contributed by atoms with Crippen molar-refractivity contribution < 1.29 is 41.7 Å². The SMILES string of the molecule is COc1cc(S(C)(=O)=O)ccc1N(C(=O)OC(C)OC(=O)C(NC(=O)OC(C)(C)C)C(C)(C)C)c1nc2ccc(Cl)cn2n1. The van der Waals surface area contributed by atoms with E-state index in [4.69, 9.17) is 30.5 Å². The highest BCUT2D eigenvalue weighted by Gasteiger charge is 2.37. The molecule has 44 heavy (non-hydrogen) atoms. The first-order valence-electron chi connectivity index (χ1n) is 13.3. The molecule has 0 fully saturated rings. The lowest BCUT2D eigenvalue weighted by molar-refractivity contribution is -0.169. The van der Waals surface area contributed by atoms with E-state index in [1.165, 1.54) is 42.9 Å². The first kappa shape index (κ1) is 34.4. The van der Waals surface area contributed by atoms with E-state index < -0.39 is 51.3 Å². The van der Waals surface area contributed by atoms with Gasteiger partial charge in [0, 0.05) is 25.4 Å². The van der Waals surface area contributed by atoms with Crippen LogP contribution in [-0.4, -0.2) is 72.5 Å². The van der Waals surface area contributed by atoms with Crippen molar-refractivity contribution in [3.8, 4) is 5.75 Å². The number of carbonyl (C=O) groups is 3. The van der Waals surface area contributed by atoms with Crippen LogP contribution in [0.2, 0.25) is 5.02 Å². The van der Waals surface area contributed by atoms with Crippen molar-refractivity contribution in [1.82, 2.24) is 19.9 Å². The Labute approximate surface area is 260 Å². The van der Waals surface area contributed by atoms with Crippen LogP contribution < -0.4 is 15.0 Å². The van der Waals surface area contributed by atoms with Crippen molar-refractivity contribution in [2.24, 2.45) is 5.41 Å². The number of nitrogens with zero attached hydrogens (tertiary/aromatic N) is 4. The van der Waals surface area contributed by atoms with Gasteiger partial charge in [0.2, 0.25) is 6.29 Å². The summed E-state index contributed by atoms with van der Waals surface area (Å²) >= 11 is 6.08. The number of esters is 1. The van der Waals surface area contributed by atoms with Crippen molar-refractivity contribution in [3.05, 3.63) is 41.6 Å². The Bertz CT molecular complexity index is 1660. The number of carbonyl (C=O) groups excluding carboxylic acids is 3. The fourth-order valence-corrected chi connectivity index (χ4v) is 4.60. The summed E-state index contributed by atoms with van der Waals surface area (Å²) in [6.07, 6.45) is -0.886. The van der Waals surface area contributed by atoms with Crippen LogP contribution in [0.3, 0.4) is 0 Å². The van der Waals surface area contributed by atoms with Gasteiger partial charge in [-0.3, -0.25) is 0 Å². The average molecular weight is 654 g/mol. The molecule has 0 bridgehead atoms. The van der Waals surface area contributed by atoms with Crippen molar-refractivity contribution >= 4 is 56.9 Å². The lowest BCUT2D eigenvalue weighted by atomic mass is 9.87. The molecule has 2 atom stereocenters. The maximum Gasteiger partial charge on any atom is 0.424 e. The number of aromatic nitrogens is 3. The summed E-state index contributed by atoms with van der Waals surface area (Å²) in [5.41, 5.74) is -1.25. The molecule has 3 aromatic rings. The number of hydrogen-bond donors (Lipinski definition) is 1. The van der Waals surface area contributed by atoms with E-state index in [0.717, 1.165) is 11.2 Å². The van der Waals surface area contributed by atoms with Gasteiger partial charge >= 0.3 is 18.2 Å². The molecule has 0 aliphatic heterocycles. The predicted octanol–water partition coefficient (Wildman–Crippen LogP) is 4.90. The minimum absolute atomic E-state index is 0.0132. The van der Waals surface area contributed by atoms with Gasteiger partial charge in [0.25, 0.3) is 5.95 Å². The molecular formula is C28H36ClN5O9S. The number of sulfone groups is 1. The topological polar surface area (TPSA) is 168 Å². The van der Waals surface area contributed by atoms with Crippen LogP contribution in [0.25, 0.3) is 5.65 Å². The Hall–Kier alpha value is -4.11. The van der Waals surface area contributed by atoms with Crippen LogP contribution in [0.15, 0.2) is 41.4 Å². The van der Waals surface area contributed by atoms with Gasteiger partial charge in [-0.15, -0.1) is 5.10 Å². The Morgan fingerprint density at radius 2 is 1.70 bits per heavy atom. The second-order valence-corrected chi connectivity index (χ2v) is 14.3. The van der Waals surface area contributed by atoms with Gasteiger partial charge in [0.1, 0.15) is 17.4 Å². The number of benzene rings is 1. The largest absolute Gasteiger partial charge is 0.495 e. The van der Waals surface area contributed by atoms with Crippen LogP contribution >= 0.6 is 11.6 Å². The van der Waals surface area contributed by atoms with E-state index in [2.05, 4.69) is 15.4 Å². The van der Waals surface area contributed by atoms with Gasteiger partial charge in [-0.2, -0.15) is 4.98 Å². The third kappa shape index (κ3) is 8.72. The molecule has 240 valence electrons. The number of amides is 2. The normalized spacial score (nSPS) is 13.5. The van der Waals surface area contributed by atoms with Crippen molar-refractivity contribution in [2.45, 2.75) is 71.3 Å². The van der Waals surface area contributed by atoms with Crippen LogP contribution in [-0.2, 0) is 28.8 Å². The number of halogens is 1. The summed E-state index contributed by atoms with van der Waals surface area (Å²) in [7, 11) is -2.33. The molecule has 3 rings (SSSR count). The van der Waals surface area contributed by atoms with E-state index in [-0.39, 0.29) is 22.3 Å². The summed E-state index contributed by atoms with van der Waals surface area (Å²) in [5.74, 6) is -1.08. The second-order valence-electron chi connectivity index (χ2n) is 11.8. The lowest BCUT2D eigenvalue weighted by Crippen LogP contribution is -2.52. The zero-order chi connectivity index (χ0) is 33.2. The number of pyridine rings is 1. The lowest BCUT2D eigenvalue weighted by Gasteiger charge is -2.31. The van der Waals surface area contributed by atoms with E-state index in [0.29, 0.717) is 10.7 Å². The average Bonchev–Trinajstić information content (AvgIpc) is 3.27. The minimum atomic E-state index is -3.62. The number of nitrogens with one attached hydrogen (secondary N) is 1. The summed E-state index contributed by atoms with van der Waals surface area (Å²) in [5, 5.41) is 7.18.